The lowest BCUT2D eigenvalue weighted by Crippen LogP contribution is -2.27. The van der Waals surface area contributed by atoms with Gasteiger partial charge >= 0.3 is 0 Å². The highest BCUT2D eigenvalue weighted by Gasteiger charge is 2.35. The molecule has 178 valence electrons. The summed E-state index contributed by atoms with van der Waals surface area (Å²) in [5, 5.41) is 3.01. The smallest absolute Gasteiger partial charge is 0.293 e. The minimum Gasteiger partial charge on any atom is -0.483 e. The summed E-state index contributed by atoms with van der Waals surface area (Å²) < 4.78 is 6.22. The Morgan fingerprint density at radius 2 is 1.80 bits per heavy atom. The molecule has 3 aromatic carbocycles. The van der Waals surface area contributed by atoms with Gasteiger partial charge in [-0.25, -0.2) is 0 Å². The van der Waals surface area contributed by atoms with E-state index in [1.165, 1.54) is 4.90 Å². The van der Waals surface area contributed by atoms with Crippen molar-refractivity contribution < 1.29 is 19.1 Å². The van der Waals surface area contributed by atoms with Crippen molar-refractivity contribution in [2.75, 3.05) is 11.9 Å². The van der Waals surface area contributed by atoms with Crippen molar-refractivity contribution in [1.82, 2.24) is 4.90 Å². The molecule has 1 N–H and O–H groups in total. The third-order valence-electron chi connectivity index (χ3n) is 5.08. The summed E-state index contributed by atoms with van der Waals surface area (Å²) in [4.78, 5) is 39.0. The average molecular weight is 572 g/mol. The number of hydrogen-bond acceptors (Lipinski definition) is 5. The van der Waals surface area contributed by atoms with E-state index in [1.807, 2.05) is 31.2 Å². The number of hydrogen-bond donors (Lipinski definition) is 1. The molecule has 1 aliphatic rings. The first-order valence-electron chi connectivity index (χ1n) is 10.6. The molecular weight excluding hydrogens is 552 g/mol. The summed E-state index contributed by atoms with van der Waals surface area (Å²) in [5.74, 6) is -0.165. The zero-order valence-corrected chi connectivity index (χ0v) is 21.7. The van der Waals surface area contributed by atoms with Gasteiger partial charge < -0.3 is 10.1 Å². The zero-order valence-electron chi connectivity index (χ0n) is 18.6. The standard InChI is InChI=1S/C26H20BrClN2O4S/c1-16-2-4-17(5-3-16)14-30-25(32)23(35-26(30)33)13-18-6-11-22(21(27)12-18)34-15-24(31)29-20-9-7-19(28)8-10-20/h2-13H,14-15H2,1H3,(H,29,31)/b23-13-. The van der Waals surface area contributed by atoms with Gasteiger partial charge in [-0.3, -0.25) is 19.3 Å². The molecule has 0 unspecified atom stereocenters. The van der Waals surface area contributed by atoms with Crippen LogP contribution in [0, 0.1) is 6.92 Å². The van der Waals surface area contributed by atoms with Crippen LogP contribution in [0.4, 0.5) is 10.5 Å². The molecule has 0 radical (unpaired) electrons. The van der Waals surface area contributed by atoms with Crippen LogP contribution < -0.4 is 10.1 Å². The van der Waals surface area contributed by atoms with Gasteiger partial charge in [-0.2, -0.15) is 0 Å². The number of nitrogens with one attached hydrogen (secondary N) is 1. The molecule has 3 aromatic rings. The lowest BCUT2D eigenvalue weighted by atomic mass is 10.1. The van der Waals surface area contributed by atoms with Crippen LogP contribution in [-0.2, 0) is 16.1 Å². The van der Waals surface area contributed by atoms with Crippen molar-refractivity contribution in [3.05, 3.63) is 97.8 Å². The van der Waals surface area contributed by atoms with Crippen LogP contribution >= 0.6 is 39.3 Å². The van der Waals surface area contributed by atoms with Gasteiger partial charge in [-0.1, -0.05) is 47.5 Å². The van der Waals surface area contributed by atoms with E-state index in [9.17, 15) is 14.4 Å². The fraction of sp³-hybridized carbons (Fsp3) is 0.115. The summed E-state index contributed by atoms with van der Waals surface area (Å²) in [6.45, 7) is 2.03. The normalized spacial score (nSPS) is 14.5. The maximum atomic E-state index is 12.8. The fourth-order valence-electron chi connectivity index (χ4n) is 3.26. The van der Waals surface area contributed by atoms with Crippen LogP contribution in [0.3, 0.4) is 0 Å². The first-order valence-corrected chi connectivity index (χ1v) is 12.6. The average Bonchev–Trinajstić information content (AvgIpc) is 3.08. The molecule has 0 spiro atoms. The molecule has 0 bridgehead atoms. The Hall–Kier alpha value is -3.07. The highest BCUT2D eigenvalue weighted by atomic mass is 79.9. The predicted octanol–water partition coefficient (Wildman–Crippen LogP) is 6.66. The number of nitrogens with zero attached hydrogens (tertiary/aromatic N) is 1. The lowest BCUT2D eigenvalue weighted by molar-refractivity contribution is -0.123. The Morgan fingerprint density at radius 3 is 2.49 bits per heavy atom. The molecule has 0 atom stereocenters. The van der Waals surface area contributed by atoms with Gasteiger partial charge in [0, 0.05) is 10.7 Å². The molecule has 0 aliphatic carbocycles. The second kappa shape index (κ2) is 11.1. The molecular formula is C26H20BrClN2O4S. The van der Waals surface area contributed by atoms with E-state index < -0.39 is 0 Å². The largest absolute Gasteiger partial charge is 0.483 e. The van der Waals surface area contributed by atoms with Gasteiger partial charge in [0.2, 0.25) is 0 Å². The summed E-state index contributed by atoms with van der Waals surface area (Å²) in [7, 11) is 0. The van der Waals surface area contributed by atoms with Crippen LogP contribution in [-0.4, -0.2) is 28.6 Å². The Labute approximate surface area is 220 Å². The lowest BCUT2D eigenvalue weighted by Gasteiger charge is -2.12. The number of carbonyl (C=O) groups excluding carboxylic acids is 3. The minimum absolute atomic E-state index is 0.182. The van der Waals surface area contributed by atoms with Gasteiger partial charge in [0.05, 0.1) is 15.9 Å². The summed E-state index contributed by atoms with van der Waals surface area (Å²) >= 11 is 10.2. The van der Waals surface area contributed by atoms with E-state index in [4.69, 9.17) is 16.3 Å². The van der Waals surface area contributed by atoms with E-state index >= 15 is 0 Å². The Bertz CT molecular complexity index is 1310. The van der Waals surface area contributed by atoms with E-state index in [2.05, 4.69) is 21.2 Å². The topological polar surface area (TPSA) is 75.7 Å². The number of anilines is 1. The van der Waals surface area contributed by atoms with E-state index in [-0.39, 0.29) is 30.2 Å². The SMILES string of the molecule is Cc1ccc(CN2C(=O)S/C(=C\c3ccc(OCC(=O)Nc4ccc(Cl)cc4)c(Br)c3)C2=O)cc1. The van der Waals surface area contributed by atoms with E-state index in [0.717, 1.165) is 28.5 Å². The van der Waals surface area contributed by atoms with Crippen LogP contribution in [0.25, 0.3) is 6.08 Å². The highest BCUT2D eigenvalue weighted by Crippen LogP contribution is 2.34. The van der Waals surface area contributed by atoms with Crippen molar-refractivity contribution >= 4 is 68.1 Å². The quantitative estimate of drug-likeness (QED) is 0.321. The maximum Gasteiger partial charge on any atom is 0.293 e. The van der Waals surface area contributed by atoms with Gasteiger partial charge in [0.15, 0.2) is 6.61 Å². The molecule has 1 fully saturated rings. The number of aryl methyl sites for hydroxylation is 1. The second-order valence-corrected chi connectivity index (χ2v) is 10.1. The Balaban J connectivity index is 1.37. The van der Waals surface area contributed by atoms with Crippen molar-refractivity contribution in [2.45, 2.75) is 13.5 Å². The van der Waals surface area contributed by atoms with Crippen LogP contribution in [0.1, 0.15) is 16.7 Å². The molecule has 1 saturated heterocycles. The van der Waals surface area contributed by atoms with Gasteiger partial charge in [-0.15, -0.1) is 0 Å². The predicted molar refractivity (Wildman–Crippen MR) is 142 cm³/mol. The summed E-state index contributed by atoms with van der Waals surface area (Å²) in [6.07, 6.45) is 1.67. The third kappa shape index (κ3) is 6.54. The van der Waals surface area contributed by atoms with Crippen molar-refractivity contribution in [2.24, 2.45) is 0 Å². The summed E-state index contributed by atoms with van der Waals surface area (Å²) in [6, 6.07) is 19.7. The number of amides is 3. The number of ether oxygens (including phenoxy) is 1. The van der Waals surface area contributed by atoms with Crippen LogP contribution in [0.15, 0.2) is 76.1 Å². The molecule has 0 aromatic heterocycles. The van der Waals surface area contributed by atoms with Gasteiger partial charge in [0.1, 0.15) is 5.75 Å². The minimum atomic E-state index is -0.323. The molecule has 4 rings (SSSR count). The molecule has 35 heavy (non-hydrogen) atoms. The van der Waals surface area contributed by atoms with Crippen LogP contribution in [0.5, 0.6) is 5.75 Å². The first kappa shape index (κ1) is 25.0. The fourth-order valence-corrected chi connectivity index (χ4v) is 4.74. The second-order valence-electron chi connectivity index (χ2n) is 7.79. The third-order valence-corrected chi connectivity index (χ3v) is 6.85. The van der Waals surface area contributed by atoms with E-state index in [1.54, 1.807) is 48.5 Å². The van der Waals surface area contributed by atoms with Crippen LogP contribution in [0.2, 0.25) is 5.02 Å². The van der Waals surface area contributed by atoms with Crippen molar-refractivity contribution in [3.63, 3.8) is 0 Å². The molecule has 9 heteroatoms. The Morgan fingerprint density at radius 1 is 1.09 bits per heavy atom. The number of halogens is 2. The molecule has 3 amide bonds. The number of benzene rings is 3. The number of carbonyl (C=O) groups is 3. The number of rotatable bonds is 7. The highest BCUT2D eigenvalue weighted by molar-refractivity contribution is 9.10. The van der Waals surface area contributed by atoms with Gasteiger partial charge in [-0.05, 0) is 88.2 Å². The molecule has 6 nitrogen and oxygen atoms in total. The maximum absolute atomic E-state index is 12.8. The molecule has 1 aliphatic heterocycles. The molecule has 0 saturated carbocycles. The van der Waals surface area contributed by atoms with E-state index in [0.29, 0.717) is 25.8 Å². The van der Waals surface area contributed by atoms with Crippen molar-refractivity contribution in [3.8, 4) is 5.75 Å². The number of thioether (sulfide) groups is 1. The van der Waals surface area contributed by atoms with Crippen molar-refractivity contribution in [1.29, 1.82) is 0 Å². The molecule has 1 heterocycles. The number of imide groups is 1. The monoisotopic (exact) mass is 570 g/mol. The summed E-state index contributed by atoms with van der Waals surface area (Å²) in [5.41, 5.74) is 3.34. The van der Waals surface area contributed by atoms with Gasteiger partial charge in [0.25, 0.3) is 17.1 Å². The zero-order chi connectivity index (χ0) is 24.9. The first-order chi connectivity index (χ1) is 16.8. The Kier molecular flexibility index (Phi) is 7.95.